The average molecular weight is 275 g/mol. The van der Waals surface area contributed by atoms with Gasteiger partial charge in [-0.1, -0.05) is 6.07 Å². The van der Waals surface area contributed by atoms with E-state index in [9.17, 15) is 9.50 Å². The Morgan fingerprint density at radius 1 is 1.30 bits per heavy atom. The van der Waals surface area contributed by atoms with Crippen LogP contribution in [0.2, 0.25) is 0 Å². The largest absolute Gasteiger partial charge is 0.387 e. The van der Waals surface area contributed by atoms with Crippen molar-refractivity contribution in [2.45, 2.75) is 19.1 Å². The minimum Gasteiger partial charge on any atom is -0.387 e. The van der Waals surface area contributed by atoms with Crippen LogP contribution in [0.1, 0.15) is 23.8 Å². The summed E-state index contributed by atoms with van der Waals surface area (Å²) >= 11 is 0. The predicted octanol–water partition coefficient (Wildman–Crippen LogP) is 2.17. The summed E-state index contributed by atoms with van der Waals surface area (Å²) in [6, 6.07) is 6.74. The number of rotatable bonds is 6. The lowest BCUT2D eigenvalue weighted by molar-refractivity contribution is 0.143. The summed E-state index contributed by atoms with van der Waals surface area (Å²) < 4.78 is 12.7. The van der Waals surface area contributed by atoms with Gasteiger partial charge in [0.25, 0.3) is 0 Å². The number of aromatic nitrogens is 2. The third-order valence-corrected chi connectivity index (χ3v) is 3.05. The topological polar surface area (TPSA) is 49.2 Å². The van der Waals surface area contributed by atoms with Crippen molar-refractivity contribution >= 4 is 0 Å². The zero-order valence-corrected chi connectivity index (χ0v) is 11.4. The molecule has 0 aromatic carbocycles. The molecule has 0 saturated heterocycles. The second kappa shape index (κ2) is 7.07. The molecular weight excluding hydrogens is 257 g/mol. The molecule has 2 heterocycles. The van der Waals surface area contributed by atoms with Crippen molar-refractivity contribution in [1.82, 2.24) is 14.9 Å². The Morgan fingerprint density at radius 2 is 2.15 bits per heavy atom. The van der Waals surface area contributed by atoms with Crippen LogP contribution in [0, 0.1) is 5.82 Å². The summed E-state index contributed by atoms with van der Waals surface area (Å²) in [6.07, 6.45) is 4.57. The van der Waals surface area contributed by atoms with E-state index in [0.717, 1.165) is 24.8 Å². The molecule has 2 aromatic heterocycles. The van der Waals surface area contributed by atoms with Gasteiger partial charge in [0.05, 0.1) is 18.0 Å². The predicted molar refractivity (Wildman–Crippen MR) is 74.3 cm³/mol. The van der Waals surface area contributed by atoms with Crippen molar-refractivity contribution in [2.24, 2.45) is 0 Å². The lowest BCUT2D eigenvalue weighted by Gasteiger charge is -2.18. The van der Waals surface area contributed by atoms with Gasteiger partial charge in [-0.2, -0.15) is 0 Å². The molecule has 1 N–H and O–H groups in total. The van der Waals surface area contributed by atoms with Gasteiger partial charge in [0.15, 0.2) is 0 Å². The molecule has 20 heavy (non-hydrogen) atoms. The van der Waals surface area contributed by atoms with Crippen LogP contribution in [-0.2, 0) is 6.54 Å². The average Bonchev–Trinajstić information content (AvgIpc) is 2.46. The van der Waals surface area contributed by atoms with Crippen molar-refractivity contribution in [3.8, 4) is 0 Å². The zero-order valence-electron chi connectivity index (χ0n) is 11.4. The molecule has 0 aliphatic rings. The summed E-state index contributed by atoms with van der Waals surface area (Å²) in [5, 5.41) is 10.0. The van der Waals surface area contributed by atoms with E-state index in [-0.39, 0.29) is 0 Å². The fourth-order valence-electron chi connectivity index (χ4n) is 1.96. The lowest BCUT2D eigenvalue weighted by atomic mass is 10.1. The number of halogens is 1. The van der Waals surface area contributed by atoms with Gasteiger partial charge in [-0.15, -0.1) is 0 Å². The van der Waals surface area contributed by atoms with E-state index in [4.69, 9.17) is 0 Å². The van der Waals surface area contributed by atoms with Crippen LogP contribution in [0.25, 0.3) is 0 Å². The first-order chi connectivity index (χ1) is 9.65. The monoisotopic (exact) mass is 275 g/mol. The zero-order chi connectivity index (χ0) is 14.4. The molecule has 1 atom stereocenters. The van der Waals surface area contributed by atoms with Crippen molar-refractivity contribution < 1.29 is 9.50 Å². The molecule has 2 aromatic rings. The Bertz CT molecular complexity index is 518. The van der Waals surface area contributed by atoms with Gasteiger partial charge < -0.3 is 10.0 Å². The van der Waals surface area contributed by atoms with E-state index in [1.165, 1.54) is 12.1 Å². The second-order valence-corrected chi connectivity index (χ2v) is 4.80. The summed E-state index contributed by atoms with van der Waals surface area (Å²) in [5.74, 6) is -0.394. The number of nitrogens with zero attached hydrogens (tertiary/aromatic N) is 3. The van der Waals surface area contributed by atoms with Gasteiger partial charge in [0.2, 0.25) is 0 Å². The molecular formula is C15H18FN3O. The Labute approximate surface area is 117 Å². The summed E-state index contributed by atoms with van der Waals surface area (Å²) in [6.45, 7) is 1.49. The maximum absolute atomic E-state index is 12.7. The molecule has 0 amide bonds. The molecule has 0 fully saturated rings. The highest BCUT2D eigenvalue weighted by atomic mass is 19.1. The second-order valence-electron chi connectivity index (χ2n) is 4.80. The van der Waals surface area contributed by atoms with Crippen LogP contribution in [0.3, 0.4) is 0 Å². The summed E-state index contributed by atoms with van der Waals surface area (Å²) in [7, 11) is 1.98. The number of pyridine rings is 2. The fraction of sp³-hybridized carbons (Fsp3) is 0.333. The Morgan fingerprint density at radius 3 is 2.80 bits per heavy atom. The van der Waals surface area contributed by atoms with Crippen molar-refractivity contribution in [1.29, 1.82) is 0 Å². The van der Waals surface area contributed by atoms with E-state index in [1.807, 2.05) is 25.4 Å². The number of hydrogen-bond donors (Lipinski definition) is 1. The normalized spacial score (nSPS) is 12.6. The molecule has 5 heteroatoms. The maximum atomic E-state index is 12.7. The van der Waals surface area contributed by atoms with Crippen LogP contribution >= 0.6 is 0 Å². The maximum Gasteiger partial charge on any atom is 0.141 e. The Hall–Kier alpha value is -1.85. The first kappa shape index (κ1) is 14.6. The van der Waals surface area contributed by atoms with E-state index in [2.05, 4.69) is 14.9 Å². The number of hydrogen-bond acceptors (Lipinski definition) is 4. The van der Waals surface area contributed by atoms with E-state index < -0.39 is 11.9 Å². The van der Waals surface area contributed by atoms with Crippen molar-refractivity contribution in [3.05, 3.63) is 59.9 Å². The molecule has 0 spiro atoms. The first-order valence-electron chi connectivity index (χ1n) is 6.52. The number of aliphatic hydroxyl groups is 1. The van der Waals surface area contributed by atoms with E-state index >= 15 is 0 Å². The van der Waals surface area contributed by atoms with Gasteiger partial charge >= 0.3 is 0 Å². The van der Waals surface area contributed by atoms with Crippen LogP contribution in [-0.4, -0.2) is 33.6 Å². The molecule has 106 valence electrons. The third kappa shape index (κ3) is 4.36. The molecule has 1 unspecified atom stereocenters. The SMILES string of the molecule is CN(CCC(O)c1ccc(F)cn1)Cc1cccnc1. The quantitative estimate of drug-likeness (QED) is 0.878. The Balaban J connectivity index is 1.81. The standard InChI is InChI=1S/C15H18FN3O/c1-19(11-12-3-2-7-17-9-12)8-6-15(20)14-5-4-13(16)10-18-14/h2-5,7,9-10,15,20H,6,8,11H2,1H3. The van der Waals surface area contributed by atoms with Gasteiger partial charge in [0, 0.05) is 25.5 Å². The molecule has 0 radical (unpaired) electrons. The minimum atomic E-state index is -0.674. The summed E-state index contributed by atoms with van der Waals surface area (Å²) in [4.78, 5) is 10.1. The summed E-state index contributed by atoms with van der Waals surface area (Å²) in [5.41, 5.74) is 1.63. The van der Waals surface area contributed by atoms with Gasteiger partial charge in [-0.25, -0.2) is 4.39 Å². The molecule has 0 aliphatic carbocycles. The van der Waals surface area contributed by atoms with Crippen LogP contribution in [0.5, 0.6) is 0 Å². The minimum absolute atomic E-state index is 0.394. The molecule has 2 rings (SSSR count). The molecule has 4 nitrogen and oxygen atoms in total. The first-order valence-corrected chi connectivity index (χ1v) is 6.52. The molecule has 0 bridgehead atoms. The third-order valence-electron chi connectivity index (χ3n) is 3.05. The van der Waals surface area contributed by atoms with Crippen LogP contribution in [0.4, 0.5) is 4.39 Å². The highest BCUT2D eigenvalue weighted by Crippen LogP contribution is 2.15. The molecule has 0 aliphatic heterocycles. The lowest BCUT2D eigenvalue weighted by Crippen LogP contribution is -2.21. The fourth-order valence-corrected chi connectivity index (χ4v) is 1.96. The van der Waals surface area contributed by atoms with E-state index in [0.29, 0.717) is 12.1 Å². The van der Waals surface area contributed by atoms with Crippen LogP contribution < -0.4 is 0 Å². The molecule has 0 saturated carbocycles. The Kier molecular flexibility index (Phi) is 5.15. The van der Waals surface area contributed by atoms with E-state index in [1.54, 1.807) is 6.20 Å². The highest BCUT2D eigenvalue weighted by molar-refractivity contribution is 5.09. The number of aliphatic hydroxyl groups excluding tert-OH is 1. The highest BCUT2D eigenvalue weighted by Gasteiger charge is 2.10. The van der Waals surface area contributed by atoms with Gasteiger partial charge in [-0.05, 0) is 37.2 Å². The van der Waals surface area contributed by atoms with Gasteiger partial charge in [0.1, 0.15) is 5.82 Å². The van der Waals surface area contributed by atoms with Crippen LogP contribution in [0.15, 0.2) is 42.9 Å². The van der Waals surface area contributed by atoms with Crippen molar-refractivity contribution in [2.75, 3.05) is 13.6 Å². The van der Waals surface area contributed by atoms with Gasteiger partial charge in [-0.3, -0.25) is 9.97 Å². The smallest absolute Gasteiger partial charge is 0.141 e. The van der Waals surface area contributed by atoms with Crippen molar-refractivity contribution in [3.63, 3.8) is 0 Å².